The first-order chi connectivity index (χ1) is 17.8. The maximum Gasteiger partial charge on any atom is 0.164 e. The van der Waals surface area contributed by atoms with Gasteiger partial charge >= 0.3 is 0 Å². The molecule has 36 heavy (non-hydrogen) atoms. The number of rotatable bonds is 5. The monoisotopic (exact) mass is 463 g/mol. The predicted octanol–water partition coefficient (Wildman–Crippen LogP) is 8.27. The lowest BCUT2D eigenvalue weighted by atomic mass is 10.0. The highest BCUT2D eigenvalue weighted by Crippen LogP contribution is 2.29. The molecule has 1 aliphatic rings. The molecule has 4 aromatic carbocycles. The third kappa shape index (κ3) is 4.64. The molecule has 0 atom stereocenters. The molecule has 3 nitrogen and oxygen atoms in total. The van der Waals surface area contributed by atoms with E-state index >= 15 is 0 Å². The van der Waals surface area contributed by atoms with Crippen LogP contribution in [0.4, 0.5) is 0 Å². The van der Waals surface area contributed by atoms with Crippen molar-refractivity contribution in [2.45, 2.75) is 12.8 Å². The first-order valence-corrected chi connectivity index (χ1v) is 12.3. The molecule has 0 N–H and O–H groups in total. The van der Waals surface area contributed by atoms with Crippen molar-refractivity contribution < 1.29 is 0 Å². The predicted molar refractivity (Wildman–Crippen MR) is 148 cm³/mol. The third-order valence-electron chi connectivity index (χ3n) is 6.44. The standard InChI is InChI=1S/C33H25N3/c1-4-10-24(11-5-1)26-16-20-29(21-17-26)32-34-31(28-14-8-3-9-15-28)35-33(36-32)30-22-18-27(19-23-30)25-12-6-2-7-13-25/h1-8,10-14,16-23H,9,15H2. The van der Waals surface area contributed by atoms with Crippen molar-refractivity contribution in [2.75, 3.05) is 0 Å². The van der Waals surface area contributed by atoms with Crippen molar-refractivity contribution in [1.29, 1.82) is 0 Å². The minimum atomic E-state index is 0.692. The van der Waals surface area contributed by atoms with Crippen LogP contribution in [0.1, 0.15) is 18.7 Å². The van der Waals surface area contributed by atoms with E-state index in [1.165, 1.54) is 22.3 Å². The summed E-state index contributed by atoms with van der Waals surface area (Å²) in [5, 5.41) is 0. The zero-order chi connectivity index (χ0) is 24.2. The molecule has 6 rings (SSSR count). The molecule has 1 aromatic heterocycles. The average molecular weight is 464 g/mol. The van der Waals surface area contributed by atoms with Crippen LogP contribution in [0, 0.1) is 0 Å². The molecule has 0 aliphatic heterocycles. The molecular weight excluding hydrogens is 438 g/mol. The van der Waals surface area contributed by atoms with Crippen molar-refractivity contribution in [1.82, 2.24) is 15.0 Å². The quantitative estimate of drug-likeness (QED) is 0.263. The van der Waals surface area contributed by atoms with Crippen LogP contribution < -0.4 is 0 Å². The Kier molecular flexibility index (Phi) is 6.03. The summed E-state index contributed by atoms with van der Waals surface area (Å²) in [5.41, 5.74) is 7.83. The van der Waals surface area contributed by atoms with Gasteiger partial charge in [0, 0.05) is 11.1 Å². The fourth-order valence-electron chi connectivity index (χ4n) is 4.45. The summed E-state index contributed by atoms with van der Waals surface area (Å²) in [7, 11) is 0. The average Bonchev–Trinajstić information content (AvgIpc) is 2.98. The third-order valence-corrected chi connectivity index (χ3v) is 6.44. The Hall–Kier alpha value is -4.63. The van der Waals surface area contributed by atoms with E-state index in [9.17, 15) is 0 Å². The van der Waals surface area contributed by atoms with Crippen LogP contribution in [0.25, 0.3) is 50.6 Å². The molecule has 0 saturated heterocycles. The van der Waals surface area contributed by atoms with Gasteiger partial charge in [-0.05, 0) is 40.7 Å². The minimum Gasteiger partial charge on any atom is -0.209 e. The van der Waals surface area contributed by atoms with E-state index in [-0.39, 0.29) is 0 Å². The second kappa shape index (κ2) is 9.93. The summed E-state index contributed by atoms with van der Waals surface area (Å²) >= 11 is 0. The SMILES string of the molecule is C1=CCCC(c2nc(-c3ccc(-c4ccccc4)cc3)nc(-c3ccc(-c4ccccc4)cc3)n2)=C1. The maximum atomic E-state index is 4.91. The lowest BCUT2D eigenvalue weighted by molar-refractivity contribution is 0.978. The first-order valence-electron chi connectivity index (χ1n) is 12.3. The van der Waals surface area contributed by atoms with Gasteiger partial charge in [0.15, 0.2) is 17.5 Å². The van der Waals surface area contributed by atoms with Crippen LogP contribution in [0.15, 0.2) is 127 Å². The van der Waals surface area contributed by atoms with Gasteiger partial charge in [0.2, 0.25) is 0 Å². The van der Waals surface area contributed by atoms with Gasteiger partial charge in [-0.3, -0.25) is 0 Å². The number of benzene rings is 4. The lowest BCUT2D eigenvalue weighted by Gasteiger charge is -2.12. The Morgan fingerprint density at radius 2 is 0.833 bits per heavy atom. The largest absolute Gasteiger partial charge is 0.209 e. The van der Waals surface area contributed by atoms with Crippen molar-refractivity contribution >= 4 is 5.57 Å². The van der Waals surface area contributed by atoms with Gasteiger partial charge in [-0.25, -0.2) is 15.0 Å². The minimum absolute atomic E-state index is 0.692. The molecule has 172 valence electrons. The summed E-state index contributed by atoms with van der Waals surface area (Å²) in [6, 6.07) is 37.7. The van der Waals surface area contributed by atoms with Crippen LogP contribution in [-0.2, 0) is 0 Å². The first kappa shape index (κ1) is 21.9. The Balaban J connectivity index is 1.40. The van der Waals surface area contributed by atoms with Gasteiger partial charge in [0.25, 0.3) is 0 Å². The van der Waals surface area contributed by atoms with Crippen LogP contribution in [0.3, 0.4) is 0 Å². The maximum absolute atomic E-state index is 4.91. The second-order valence-corrected chi connectivity index (χ2v) is 8.85. The molecule has 1 aliphatic carbocycles. The number of allylic oxidation sites excluding steroid dienone is 4. The lowest BCUT2D eigenvalue weighted by Crippen LogP contribution is -2.03. The molecule has 5 aromatic rings. The van der Waals surface area contributed by atoms with Crippen LogP contribution in [0.2, 0.25) is 0 Å². The molecule has 3 heteroatoms. The van der Waals surface area contributed by atoms with E-state index in [1.54, 1.807) is 0 Å². The van der Waals surface area contributed by atoms with Crippen molar-refractivity contribution in [3.63, 3.8) is 0 Å². The number of hydrogen-bond acceptors (Lipinski definition) is 3. The van der Waals surface area contributed by atoms with Gasteiger partial charge < -0.3 is 0 Å². The Morgan fingerprint density at radius 1 is 0.417 bits per heavy atom. The summed E-state index contributed by atoms with van der Waals surface area (Å²) < 4.78 is 0. The summed E-state index contributed by atoms with van der Waals surface area (Å²) in [6.07, 6.45) is 8.31. The number of aromatic nitrogens is 3. The Bertz CT molecular complexity index is 1430. The van der Waals surface area contributed by atoms with Gasteiger partial charge in [0.1, 0.15) is 0 Å². The molecule has 0 radical (unpaired) electrons. The highest BCUT2D eigenvalue weighted by Gasteiger charge is 2.14. The number of hydrogen-bond donors (Lipinski definition) is 0. The van der Waals surface area contributed by atoms with Crippen molar-refractivity contribution in [3.05, 3.63) is 133 Å². The second-order valence-electron chi connectivity index (χ2n) is 8.85. The van der Waals surface area contributed by atoms with E-state index < -0.39 is 0 Å². The van der Waals surface area contributed by atoms with E-state index in [4.69, 9.17) is 15.0 Å². The molecule has 0 bridgehead atoms. The van der Waals surface area contributed by atoms with Gasteiger partial charge in [-0.1, -0.05) is 127 Å². The normalized spacial score (nSPS) is 12.8. The smallest absolute Gasteiger partial charge is 0.164 e. The summed E-state index contributed by atoms with van der Waals surface area (Å²) in [5.74, 6) is 2.13. The summed E-state index contributed by atoms with van der Waals surface area (Å²) in [6.45, 7) is 0. The molecule has 0 unspecified atom stereocenters. The zero-order valence-corrected chi connectivity index (χ0v) is 19.9. The molecule has 0 fully saturated rings. The van der Waals surface area contributed by atoms with E-state index in [2.05, 4.69) is 115 Å². The van der Waals surface area contributed by atoms with Gasteiger partial charge in [0.05, 0.1) is 0 Å². The van der Waals surface area contributed by atoms with E-state index in [1.807, 2.05) is 12.1 Å². The van der Waals surface area contributed by atoms with Crippen molar-refractivity contribution in [2.24, 2.45) is 0 Å². The molecular formula is C33H25N3. The Morgan fingerprint density at radius 3 is 1.28 bits per heavy atom. The molecule has 1 heterocycles. The molecule has 0 spiro atoms. The Labute approximate surface area is 211 Å². The van der Waals surface area contributed by atoms with Gasteiger partial charge in [-0.15, -0.1) is 0 Å². The van der Waals surface area contributed by atoms with Crippen LogP contribution in [0.5, 0.6) is 0 Å². The fourth-order valence-corrected chi connectivity index (χ4v) is 4.45. The van der Waals surface area contributed by atoms with E-state index in [0.29, 0.717) is 11.6 Å². The van der Waals surface area contributed by atoms with E-state index in [0.717, 1.165) is 35.4 Å². The summed E-state index contributed by atoms with van der Waals surface area (Å²) in [4.78, 5) is 14.7. The fraction of sp³-hybridized carbons (Fsp3) is 0.0606. The molecule has 0 amide bonds. The van der Waals surface area contributed by atoms with Crippen LogP contribution in [-0.4, -0.2) is 15.0 Å². The molecule has 0 saturated carbocycles. The topological polar surface area (TPSA) is 38.7 Å². The van der Waals surface area contributed by atoms with Gasteiger partial charge in [-0.2, -0.15) is 0 Å². The highest BCUT2D eigenvalue weighted by molar-refractivity contribution is 5.72. The van der Waals surface area contributed by atoms with Crippen molar-refractivity contribution in [3.8, 4) is 45.0 Å². The van der Waals surface area contributed by atoms with Crippen LogP contribution >= 0.6 is 0 Å². The zero-order valence-electron chi connectivity index (χ0n) is 19.9. The highest BCUT2D eigenvalue weighted by atomic mass is 15.0. The number of nitrogens with zero attached hydrogens (tertiary/aromatic N) is 3.